The van der Waals surface area contributed by atoms with Gasteiger partial charge in [-0.15, -0.1) is 0 Å². The van der Waals surface area contributed by atoms with E-state index in [-0.39, 0.29) is 5.75 Å². The third kappa shape index (κ3) is 3.33. The highest BCUT2D eigenvalue weighted by Gasteiger charge is 2.31. The van der Waals surface area contributed by atoms with E-state index >= 15 is 0 Å². The molecule has 1 aromatic carbocycles. The number of ether oxygens (including phenoxy) is 1. The molecule has 0 amide bonds. The lowest BCUT2D eigenvalue weighted by Crippen LogP contribution is -2.28. The highest BCUT2D eigenvalue weighted by atomic mass is 19.4. The highest BCUT2D eigenvalue weighted by molar-refractivity contribution is 5.31. The van der Waals surface area contributed by atoms with Crippen LogP contribution in [0.5, 0.6) is 5.75 Å². The summed E-state index contributed by atoms with van der Waals surface area (Å²) in [5, 5.41) is 0. The average Bonchev–Trinajstić information content (AvgIpc) is 2.88. The van der Waals surface area contributed by atoms with E-state index in [0.717, 1.165) is 12.1 Å². The number of alkyl halides is 3. The first kappa shape index (κ1) is 14.5. The maximum atomic E-state index is 12.6. The molecule has 0 bridgehead atoms. The molecule has 108 valence electrons. The summed E-state index contributed by atoms with van der Waals surface area (Å²) in [4.78, 5) is 0. The van der Waals surface area contributed by atoms with Crippen molar-refractivity contribution >= 4 is 0 Å². The second-order valence-corrected chi connectivity index (χ2v) is 4.44. The summed E-state index contributed by atoms with van der Waals surface area (Å²) in [6.07, 6.45) is -3.60. The summed E-state index contributed by atoms with van der Waals surface area (Å²) in [6, 6.07) is 7.57. The minimum atomic E-state index is -4.41. The summed E-state index contributed by atoms with van der Waals surface area (Å²) in [5.74, 6) is 0.566. The number of hydrogen-bond acceptors (Lipinski definition) is 3. The van der Waals surface area contributed by atoms with Gasteiger partial charge in [-0.25, -0.2) is 0 Å². The second-order valence-electron chi connectivity index (χ2n) is 4.44. The third-order valence-electron chi connectivity index (χ3n) is 2.73. The molecule has 1 aromatic heterocycles. The van der Waals surface area contributed by atoms with E-state index < -0.39 is 23.9 Å². The van der Waals surface area contributed by atoms with Gasteiger partial charge in [-0.05, 0) is 37.3 Å². The van der Waals surface area contributed by atoms with Crippen LogP contribution in [0.15, 0.2) is 47.1 Å². The standard InChI is InChI=1S/C14H14F3NO2/c1-9(18)13(12-6-3-7-19-12)20-11-5-2-4-10(8-11)14(15,16)17/h2-9,13H,18H2,1H3. The van der Waals surface area contributed by atoms with Gasteiger partial charge < -0.3 is 14.9 Å². The minimum absolute atomic E-state index is 0.0959. The van der Waals surface area contributed by atoms with Gasteiger partial charge in [0.25, 0.3) is 0 Å². The lowest BCUT2D eigenvalue weighted by Gasteiger charge is -2.21. The molecule has 0 aliphatic carbocycles. The second kappa shape index (κ2) is 5.58. The Hall–Kier alpha value is -1.95. The van der Waals surface area contributed by atoms with E-state index in [9.17, 15) is 13.2 Å². The first-order valence-electron chi connectivity index (χ1n) is 6.01. The Balaban J connectivity index is 2.24. The van der Waals surface area contributed by atoms with Crippen molar-refractivity contribution < 1.29 is 22.3 Å². The number of nitrogens with two attached hydrogens (primary N) is 1. The van der Waals surface area contributed by atoms with Crippen molar-refractivity contribution in [2.45, 2.75) is 25.2 Å². The molecule has 1 heterocycles. The molecule has 0 spiro atoms. The van der Waals surface area contributed by atoms with E-state index in [1.807, 2.05) is 0 Å². The van der Waals surface area contributed by atoms with Gasteiger partial charge >= 0.3 is 6.18 Å². The molecule has 0 radical (unpaired) electrons. The minimum Gasteiger partial charge on any atom is -0.481 e. The fourth-order valence-corrected chi connectivity index (χ4v) is 1.77. The van der Waals surface area contributed by atoms with Gasteiger partial charge in [0.1, 0.15) is 11.5 Å². The molecular weight excluding hydrogens is 271 g/mol. The van der Waals surface area contributed by atoms with E-state index in [4.69, 9.17) is 14.9 Å². The number of halogens is 3. The molecule has 6 heteroatoms. The Bertz CT molecular complexity index is 550. The fourth-order valence-electron chi connectivity index (χ4n) is 1.77. The van der Waals surface area contributed by atoms with Gasteiger partial charge in [0.2, 0.25) is 0 Å². The summed E-state index contributed by atoms with van der Waals surface area (Å²) in [5.41, 5.74) is 5.03. The average molecular weight is 285 g/mol. The van der Waals surface area contributed by atoms with Gasteiger partial charge in [0, 0.05) is 6.04 Å². The number of hydrogen-bond donors (Lipinski definition) is 1. The summed E-state index contributed by atoms with van der Waals surface area (Å²) in [7, 11) is 0. The van der Waals surface area contributed by atoms with Crippen LogP contribution in [-0.2, 0) is 6.18 Å². The Morgan fingerprint density at radius 3 is 2.50 bits per heavy atom. The van der Waals surface area contributed by atoms with Crippen molar-refractivity contribution in [2.75, 3.05) is 0 Å². The Labute approximate surface area is 114 Å². The summed E-state index contributed by atoms with van der Waals surface area (Å²) < 4.78 is 48.7. The van der Waals surface area contributed by atoms with Crippen molar-refractivity contribution in [3.05, 3.63) is 54.0 Å². The zero-order chi connectivity index (χ0) is 14.8. The van der Waals surface area contributed by atoms with Crippen molar-refractivity contribution in [2.24, 2.45) is 5.73 Å². The maximum absolute atomic E-state index is 12.6. The van der Waals surface area contributed by atoms with E-state index in [1.165, 1.54) is 18.4 Å². The fraction of sp³-hybridized carbons (Fsp3) is 0.286. The first-order valence-corrected chi connectivity index (χ1v) is 6.01. The molecule has 2 unspecified atom stereocenters. The van der Waals surface area contributed by atoms with Crippen LogP contribution in [0.2, 0.25) is 0 Å². The normalized spacial score (nSPS) is 14.8. The lowest BCUT2D eigenvalue weighted by atomic mass is 10.1. The topological polar surface area (TPSA) is 48.4 Å². The molecule has 0 saturated heterocycles. The van der Waals surface area contributed by atoms with Gasteiger partial charge in [-0.3, -0.25) is 0 Å². The molecule has 2 rings (SSSR count). The number of rotatable bonds is 4. The lowest BCUT2D eigenvalue weighted by molar-refractivity contribution is -0.137. The molecule has 0 aliphatic heterocycles. The molecular formula is C14H14F3NO2. The quantitative estimate of drug-likeness (QED) is 0.930. The Morgan fingerprint density at radius 1 is 1.20 bits per heavy atom. The zero-order valence-electron chi connectivity index (χ0n) is 10.7. The highest BCUT2D eigenvalue weighted by Crippen LogP contribution is 2.33. The molecule has 0 saturated carbocycles. The predicted octanol–water partition coefficient (Wildman–Crippen LogP) is 3.77. The molecule has 2 atom stereocenters. The van der Waals surface area contributed by atoms with Crippen molar-refractivity contribution in [1.82, 2.24) is 0 Å². The summed E-state index contributed by atoms with van der Waals surface area (Å²) >= 11 is 0. The van der Waals surface area contributed by atoms with Crippen LogP contribution in [-0.4, -0.2) is 6.04 Å². The van der Waals surface area contributed by atoms with Crippen LogP contribution >= 0.6 is 0 Å². The van der Waals surface area contributed by atoms with Crippen molar-refractivity contribution in [3.8, 4) is 5.75 Å². The largest absolute Gasteiger partial charge is 0.481 e. The van der Waals surface area contributed by atoms with Gasteiger partial charge in [0.15, 0.2) is 6.10 Å². The molecule has 2 aromatic rings. The number of furan rings is 1. The Morgan fingerprint density at radius 2 is 1.95 bits per heavy atom. The van der Waals surface area contributed by atoms with Gasteiger partial charge in [0.05, 0.1) is 11.8 Å². The van der Waals surface area contributed by atoms with Crippen LogP contribution in [0, 0.1) is 0 Å². The maximum Gasteiger partial charge on any atom is 0.416 e. The third-order valence-corrected chi connectivity index (χ3v) is 2.73. The van der Waals surface area contributed by atoms with Gasteiger partial charge in [-0.2, -0.15) is 13.2 Å². The van der Waals surface area contributed by atoms with E-state index in [2.05, 4.69) is 0 Å². The predicted molar refractivity (Wildman–Crippen MR) is 67.2 cm³/mol. The molecule has 20 heavy (non-hydrogen) atoms. The monoisotopic (exact) mass is 285 g/mol. The first-order chi connectivity index (χ1) is 9.38. The molecule has 2 N–H and O–H groups in total. The van der Waals surface area contributed by atoms with Crippen LogP contribution in [0.1, 0.15) is 24.4 Å². The molecule has 0 aliphatic rings. The molecule has 3 nitrogen and oxygen atoms in total. The van der Waals surface area contributed by atoms with Crippen LogP contribution in [0.3, 0.4) is 0 Å². The van der Waals surface area contributed by atoms with Crippen molar-refractivity contribution in [1.29, 1.82) is 0 Å². The van der Waals surface area contributed by atoms with E-state index in [1.54, 1.807) is 19.1 Å². The summed E-state index contributed by atoms with van der Waals surface area (Å²) in [6.45, 7) is 1.70. The molecule has 0 fully saturated rings. The van der Waals surface area contributed by atoms with Crippen LogP contribution in [0.4, 0.5) is 13.2 Å². The van der Waals surface area contributed by atoms with Crippen molar-refractivity contribution in [3.63, 3.8) is 0 Å². The SMILES string of the molecule is CC(N)C(Oc1cccc(C(F)(F)F)c1)c1ccco1. The Kier molecular flexibility index (Phi) is 4.04. The zero-order valence-corrected chi connectivity index (χ0v) is 10.7. The van der Waals surface area contributed by atoms with Gasteiger partial charge in [-0.1, -0.05) is 6.07 Å². The van der Waals surface area contributed by atoms with Crippen LogP contribution < -0.4 is 10.5 Å². The number of benzene rings is 1. The van der Waals surface area contributed by atoms with Crippen LogP contribution in [0.25, 0.3) is 0 Å². The van der Waals surface area contributed by atoms with E-state index in [0.29, 0.717) is 5.76 Å². The smallest absolute Gasteiger partial charge is 0.416 e.